The Kier molecular flexibility index (Phi) is 8.36. The van der Waals surface area contributed by atoms with E-state index in [1.807, 2.05) is 25.8 Å². The molecule has 1 aromatic carbocycles. The standard InChI is InChI=1S/C29H32F4N6O3S/c1-15-11-39(12-16(2)38(15)4)24-9-21(30)18(23-14-43-28(36-23)27(42)34-10-17-5-6-17)7-22(24)35-26(41)19-13-37(3)25(40)8-20(19)29(31,32)33/h7-9,13-17H,5-6,10-12H2,1-4H3,(H,34,42)(H,35,41). The summed E-state index contributed by atoms with van der Waals surface area (Å²) in [5.74, 6) is -1.69. The number of anilines is 2. The quantitative estimate of drug-likeness (QED) is 0.375. The number of piperazine rings is 1. The Balaban J connectivity index is 1.54. The largest absolute Gasteiger partial charge is 0.417 e. The summed E-state index contributed by atoms with van der Waals surface area (Å²) in [5.41, 5.74) is -2.57. The van der Waals surface area contributed by atoms with Crippen LogP contribution in [0.25, 0.3) is 11.3 Å². The number of nitrogens with one attached hydrogen (secondary N) is 2. The van der Waals surface area contributed by atoms with Gasteiger partial charge >= 0.3 is 6.18 Å². The van der Waals surface area contributed by atoms with Gasteiger partial charge < -0.3 is 20.1 Å². The smallest absolute Gasteiger partial charge is 0.367 e. The van der Waals surface area contributed by atoms with E-state index >= 15 is 4.39 Å². The van der Waals surface area contributed by atoms with Gasteiger partial charge in [-0.2, -0.15) is 13.2 Å². The molecule has 43 heavy (non-hydrogen) atoms. The minimum atomic E-state index is -4.96. The number of carbonyl (C=O) groups is 2. The minimum absolute atomic E-state index is 0.0247. The fraction of sp³-hybridized carbons (Fsp3) is 0.448. The third-order valence-corrected chi connectivity index (χ3v) is 8.88. The number of nitrogens with zero attached hydrogens (tertiary/aromatic N) is 4. The van der Waals surface area contributed by atoms with Crippen molar-refractivity contribution >= 4 is 34.5 Å². The summed E-state index contributed by atoms with van der Waals surface area (Å²) in [7, 11) is 3.21. The van der Waals surface area contributed by atoms with E-state index in [0.717, 1.165) is 34.9 Å². The predicted octanol–water partition coefficient (Wildman–Crippen LogP) is 4.59. The van der Waals surface area contributed by atoms with E-state index in [0.29, 0.717) is 31.6 Å². The van der Waals surface area contributed by atoms with Gasteiger partial charge in [-0.25, -0.2) is 9.37 Å². The molecule has 3 aromatic rings. The van der Waals surface area contributed by atoms with Gasteiger partial charge in [-0.05, 0) is 45.7 Å². The number of aryl methyl sites for hydroxylation is 1. The summed E-state index contributed by atoms with van der Waals surface area (Å²) in [6.07, 6.45) is -2.01. The summed E-state index contributed by atoms with van der Waals surface area (Å²) in [4.78, 5) is 46.3. The van der Waals surface area contributed by atoms with E-state index in [-0.39, 0.29) is 45.6 Å². The highest BCUT2D eigenvalue weighted by Gasteiger charge is 2.37. The first-order valence-electron chi connectivity index (χ1n) is 13.9. The van der Waals surface area contributed by atoms with Crippen LogP contribution in [0.3, 0.4) is 0 Å². The van der Waals surface area contributed by atoms with Crippen molar-refractivity contribution in [1.29, 1.82) is 0 Å². The number of aromatic nitrogens is 2. The van der Waals surface area contributed by atoms with Crippen molar-refractivity contribution in [1.82, 2.24) is 19.8 Å². The molecule has 2 aromatic heterocycles. The summed E-state index contributed by atoms with van der Waals surface area (Å²) in [6.45, 7) is 5.48. The Morgan fingerprint density at radius 3 is 2.37 bits per heavy atom. The maximum atomic E-state index is 15.7. The molecule has 1 saturated carbocycles. The number of hydrogen-bond donors (Lipinski definition) is 2. The summed E-state index contributed by atoms with van der Waals surface area (Å²) in [5, 5.41) is 7.03. The Morgan fingerprint density at radius 2 is 1.74 bits per heavy atom. The molecular weight excluding hydrogens is 588 g/mol. The number of benzene rings is 1. The second-order valence-electron chi connectivity index (χ2n) is 11.3. The number of pyridine rings is 1. The van der Waals surface area contributed by atoms with E-state index in [1.54, 1.807) is 0 Å². The van der Waals surface area contributed by atoms with Crippen LogP contribution in [0.2, 0.25) is 0 Å². The van der Waals surface area contributed by atoms with Crippen LogP contribution >= 0.6 is 11.3 Å². The van der Waals surface area contributed by atoms with E-state index in [4.69, 9.17) is 0 Å². The van der Waals surface area contributed by atoms with Crippen LogP contribution in [0, 0.1) is 11.7 Å². The molecule has 2 atom stereocenters. The molecular formula is C29H32F4N6O3S. The van der Waals surface area contributed by atoms with Gasteiger partial charge in [0, 0.05) is 68.0 Å². The monoisotopic (exact) mass is 620 g/mol. The lowest BCUT2D eigenvalue weighted by Gasteiger charge is -2.44. The first-order valence-corrected chi connectivity index (χ1v) is 14.7. The predicted molar refractivity (Wildman–Crippen MR) is 156 cm³/mol. The number of thiazole rings is 1. The van der Waals surface area contributed by atoms with Crippen molar-refractivity contribution in [2.24, 2.45) is 13.0 Å². The van der Waals surface area contributed by atoms with Crippen molar-refractivity contribution in [3.63, 3.8) is 0 Å². The number of likely N-dealkylation sites (N-methyl/N-ethyl adjacent to an activating group) is 1. The molecule has 0 radical (unpaired) electrons. The molecule has 9 nitrogen and oxygen atoms in total. The SMILES string of the molecule is CC1CN(c2cc(F)c(-c3csc(C(=O)NCC4CC4)n3)cc2NC(=O)c2cn(C)c(=O)cc2C(F)(F)F)CC(C)N1C. The van der Waals surface area contributed by atoms with Crippen LogP contribution in [-0.2, 0) is 13.2 Å². The third-order valence-electron chi connectivity index (χ3n) is 8.03. The normalized spacial score (nSPS) is 19.4. The van der Waals surface area contributed by atoms with E-state index < -0.39 is 34.6 Å². The summed E-state index contributed by atoms with van der Waals surface area (Å²) in [6, 6.07) is 3.05. The molecule has 1 aliphatic carbocycles. The molecule has 0 bridgehead atoms. The van der Waals surface area contributed by atoms with E-state index in [2.05, 4.69) is 20.5 Å². The molecule has 1 aliphatic heterocycles. The number of halogens is 4. The van der Waals surface area contributed by atoms with Gasteiger partial charge in [-0.1, -0.05) is 0 Å². The molecule has 3 heterocycles. The molecule has 2 unspecified atom stereocenters. The Hall–Kier alpha value is -3.78. The van der Waals surface area contributed by atoms with Gasteiger partial charge in [0.2, 0.25) is 0 Å². The van der Waals surface area contributed by atoms with E-state index in [9.17, 15) is 27.6 Å². The highest BCUT2D eigenvalue weighted by Crippen LogP contribution is 2.37. The van der Waals surface area contributed by atoms with Gasteiger partial charge in [-0.3, -0.25) is 19.3 Å². The average molecular weight is 621 g/mol. The van der Waals surface area contributed by atoms with Crippen LogP contribution in [0.5, 0.6) is 0 Å². The Morgan fingerprint density at radius 1 is 1.07 bits per heavy atom. The zero-order valence-electron chi connectivity index (χ0n) is 24.1. The Bertz CT molecular complexity index is 1600. The highest BCUT2D eigenvalue weighted by molar-refractivity contribution is 7.12. The number of rotatable bonds is 7. The third kappa shape index (κ3) is 6.59. The molecule has 0 spiro atoms. The van der Waals surface area contributed by atoms with Crippen molar-refractivity contribution < 1.29 is 27.2 Å². The number of hydrogen-bond acceptors (Lipinski definition) is 7. The van der Waals surface area contributed by atoms with Crippen LogP contribution in [0.1, 0.15) is 52.4 Å². The van der Waals surface area contributed by atoms with Gasteiger partial charge in [0.05, 0.1) is 28.2 Å². The molecule has 230 valence electrons. The second-order valence-corrected chi connectivity index (χ2v) is 12.2. The zero-order chi connectivity index (χ0) is 31.2. The maximum Gasteiger partial charge on any atom is 0.417 e. The molecule has 5 rings (SSSR count). The van der Waals surface area contributed by atoms with Crippen LogP contribution in [0.15, 0.2) is 34.6 Å². The van der Waals surface area contributed by atoms with Crippen molar-refractivity contribution in [3.05, 3.63) is 62.1 Å². The van der Waals surface area contributed by atoms with Gasteiger partial charge in [0.1, 0.15) is 5.82 Å². The van der Waals surface area contributed by atoms with Crippen molar-refractivity contribution in [3.8, 4) is 11.3 Å². The lowest BCUT2D eigenvalue weighted by atomic mass is 10.0. The molecule has 2 N–H and O–H groups in total. The topological polar surface area (TPSA) is 99.6 Å². The molecule has 2 aliphatic rings. The van der Waals surface area contributed by atoms with Gasteiger partial charge in [0.25, 0.3) is 17.4 Å². The number of carbonyl (C=O) groups excluding carboxylic acids is 2. The number of alkyl halides is 3. The zero-order valence-corrected chi connectivity index (χ0v) is 24.9. The molecule has 2 amide bonds. The first-order chi connectivity index (χ1) is 20.2. The second kappa shape index (κ2) is 11.7. The Labute approximate surface area is 249 Å². The fourth-order valence-electron chi connectivity index (χ4n) is 5.09. The van der Waals surface area contributed by atoms with Crippen molar-refractivity contribution in [2.45, 2.75) is 44.9 Å². The van der Waals surface area contributed by atoms with Gasteiger partial charge in [0.15, 0.2) is 5.01 Å². The molecule has 2 fully saturated rings. The molecule has 14 heteroatoms. The van der Waals surface area contributed by atoms with Crippen molar-refractivity contribution in [2.75, 3.05) is 36.9 Å². The molecule has 1 saturated heterocycles. The lowest BCUT2D eigenvalue weighted by molar-refractivity contribution is -0.138. The lowest BCUT2D eigenvalue weighted by Crippen LogP contribution is -2.55. The highest BCUT2D eigenvalue weighted by atomic mass is 32.1. The summed E-state index contributed by atoms with van der Waals surface area (Å²) >= 11 is 1.04. The van der Waals surface area contributed by atoms with E-state index in [1.165, 1.54) is 24.6 Å². The minimum Gasteiger partial charge on any atom is -0.367 e. The number of amides is 2. The van der Waals surface area contributed by atoms with Crippen LogP contribution < -0.4 is 21.1 Å². The maximum absolute atomic E-state index is 15.7. The van der Waals surface area contributed by atoms with Crippen LogP contribution in [0.4, 0.5) is 28.9 Å². The summed E-state index contributed by atoms with van der Waals surface area (Å²) < 4.78 is 58.1. The fourth-order valence-corrected chi connectivity index (χ4v) is 5.83. The average Bonchev–Trinajstić information content (AvgIpc) is 3.64. The van der Waals surface area contributed by atoms with Gasteiger partial charge in [-0.15, -0.1) is 11.3 Å². The van der Waals surface area contributed by atoms with Crippen LogP contribution in [-0.4, -0.2) is 65.0 Å². The first kappa shape index (κ1) is 30.7.